The van der Waals surface area contributed by atoms with Crippen molar-refractivity contribution >= 4 is 23.6 Å². The fraction of sp³-hybridized carbons (Fsp3) is 0.273. The zero-order valence-electron chi connectivity index (χ0n) is 16.2. The lowest BCUT2D eigenvalue weighted by Crippen LogP contribution is -2.46. The van der Waals surface area contributed by atoms with E-state index in [1.165, 1.54) is 18.2 Å². The summed E-state index contributed by atoms with van der Waals surface area (Å²) in [5, 5.41) is 13.7. The summed E-state index contributed by atoms with van der Waals surface area (Å²) in [6.45, 7) is 3.05. The first-order chi connectivity index (χ1) is 13.9. The third kappa shape index (κ3) is 5.28. The van der Waals surface area contributed by atoms with Gasteiger partial charge in [-0.25, -0.2) is 0 Å². The molecule has 1 heterocycles. The van der Waals surface area contributed by atoms with Gasteiger partial charge in [0.2, 0.25) is 5.91 Å². The highest BCUT2D eigenvalue weighted by Gasteiger charge is 2.23. The van der Waals surface area contributed by atoms with Crippen molar-refractivity contribution in [3.05, 3.63) is 81.4 Å². The molecule has 0 aliphatic carbocycles. The fourth-order valence-electron chi connectivity index (χ4n) is 3.32. The van der Waals surface area contributed by atoms with Crippen LogP contribution in [0.2, 0.25) is 0 Å². The van der Waals surface area contributed by atoms with Crippen molar-refractivity contribution in [3.8, 4) is 0 Å². The maximum atomic E-state index is 12.4. The second kappa shape index (κ2) is 9.14. The Morgan fingerprint density at radius 1 is 1.10 bits per heavy atom. The number of nitrogens with one attached hydrogen (secondary N) is 1. The molecule has 2 aromatic carbocycles. The first-order valence-electron chi connectivity index (χ1n) is 9.52. The molecular weight excluding hydrogens is 370 g/mol. The van der Waals surface area contributed by atoms with Crippen LogP contribution in [0.3, 0.4) is 0 Å². The Morgan fingerprint density at radius 2 is 1.76 bits per heavy atom. The van der Waals surface area contributed by atoms with Gasteiger partial charge in [0.15, 0.2) is 0 Å². The lowest BCUT2D eigenvalue weighted by atomic mass is 10.0. The quantitative estimate of drug-likeness (QED) is 0.479. The minimum Gasteiger partial charge on any atom is -0.349 e. The summed E-state index contributed by atoms with van der Waals surface area (Å²) < 4.78 is 0. The number of carbonyl (C=O) groups excluding carboxylic acids is 2. The largest absolute Gasteiger partial charge is 0.349 e. The van der Waals surface area contributed by atoms with E-state index in [4.69, 9.17) is 0 Å². The Hall–Kier alpha value is -3.48. The first-order valence-corrected chi connectivity index (χ1v) is 9.52. The summed E-state index contributed by atoms with van der Waals surface area (Å²) in [6, 6.07) is 13.6. The fourth-order valence-corrected chi connectivity index (χ4v) is 3.32. The van der Waals surface area contributed by atoms with Crippen LogP contribution in [-0.2, 0) is 4.79 Å². The number of rotatable bonds is 5. The van der Waals surface area contributed by atoms with E-state index in [1.807, 2.05) is 31.2 Å². The number of hydrogen-bond donors (Lipinski definition) is 1. The standard InChI is InChI=1S/C22H23N3O4/c1-16-4-2-3-5-20(16)22(27)23-18-12-14-24(15-13-18)21(26)11-8-17-6-9-19(10-7-17)25(28)29/h2-11,18H,12-15H2,1H3,(H,23,27)/b11-8+. The van der Waals surface area contributed by atoms with Crippen molar-refractivity contribution in [2.75, 3.05) is 13.1 Å². The first kappa shape index (κ1) is 20.3. The van der Waals surface area contributed by atoms with Gasteiger partial charge < -0.3 is 10.2 Å². The molecule has 0 aromatic heterocycles. The smallest absolute Gasteiger partial charge is 0.269 e. The third-order valence-electron chi connectivity index (χ3n) is 5.05. The average molecular weight is 393 g/mol. The highest BCUT2D eigenvalue weighted by Crippen LogP contribution is 2.15. The number of benzene rings is 2. The van der Waals surface area contributed by atoms with Crippen molar-refractivity contribution in [3.63, 3.8) is 0 Å². The molecule has 0 saturated carbocycles. The van der Waals surface area contributed by atoms with E-state index in [0.29, 0.717) is 31.5 Å². The number of hydrogen-bond acceptors (Lipinski definition) is 4. The van der Waals surface area contributed by atoms with Crippen LogP contribution in [0, 0.1) is 17.0 Å². The molecule has 0 atom stereocenters. The Bertz CT molecular complexity index is 929. The Morgan fingerprint density at radius 3 is 2.38 bits per heavy atom. The molecule has 29 heavy (non-hydrogen) atoms. The topological polar surface area (TPSA) is 92.6 Å². The molecule has 1 fully saturated rings. The van der Waals surface area contributed by atoms with Crippen LogP contribution >= 0.6 is 0 Å². The summed E-state index contributed by atoms with van der Waals surface area (Å²) in [6.07, 6.45) is 4.54. The summed E-state index contributed by atoms with van der Waals surface area (Å²) in [5.74, 6) is -0.182. The maximum absolute atomic E-state index is 12.4. The van der Waals surface area contributed by atoms with Gasteiger partial charge >= 0.3 is 0 Å². The van der Waals surface area contributed by atoms with Gasteiger partial charge in [-0.1, -0.05) is 18.2 Å². The van der Waals surface area contributed by atoms with E-state index in [2.05, 4.69) is 5.32 Å². The van der Waals surface area contributed by atoms with Crippen LogP contribution in [0.15, 0.2) is 54.6 Å². The van der Waals surface area contributed by atoms with E-state index >= 15 is 0 Å². The number of nitro groups is 1. The number of carbonyl (C=O) groups is 2. The minimum atomic E-state index is -0.458. The van der Waals surface area contributed by atoms with Gasteiger partial charge in [-0.3, -0.25) is 19.7 Å². The normalized spacial score (nSPS) is 14.7. The Balaban J connectivity index is 1.49. The summed E-state index contributed by atoms with van der Waals surface area (Å²) in [5.41, 5.74) is 2.36. The molecule has 0 spiro atoms. The molecule has 1 aliphatic rings. The number of non-ortho nitro benzene ring substituents is 1. The molecule has 7 nitrogen and oxygen atoms in total. The molecule has 1 saturated heterocycles. The van der Waals surface area contributed by atoms with Crippen molar-refractivity contribution < 1.29 is 14.5 Å². The Kier molecular flexibility index (Phi) is 6.39. The zero-order valence-corrected chi connectivity index (χ0v) is 16.2. The monoisotopic (exact) mass is 393 g/mol. The van der Waals surface area contributed by atoms with Gasteiger partial charge in [0.05, 0.1) is 4.92 Å². The highest BCUT2D eigenvalue weighted by atomic mass is 16.6. The lowest BCUT2D eigenvalue weighted by molar-refractivity contribution is -0.384. The van der Waals surface area contributed by atoms with Gasteiger partial charge in [-0.2, -0.15) is 0 Å². The second-order valence-corrected chi connectivity index (χ2v) is 7.07. The predicted octanol–water partition coefficient (Wildman–Crippen LogP) is 3.34. The van der Waals surface area contributed by atoms with E-state index in [-0.39, 0.29) is 23.5 Å². The second-order valence-electron chi connectivity index (χ2n) is 7.07. The number of nitrogens with zero attached hydrogens (tertiary/aromatic N) is 2. The molecule has 0 bridgehead atoms. The summed E-state index contributed by atoms with van der Waals surface area (Å²) in [7, 11) is 0. The molecule has 2 aromatic rings. The van der Waals surface area contributed by atoms with Crippen molar-refractivity contribution in [1.82, 2.24) is 10.2 Å². The van der Waals surface area contributed by atoms with E-state index in [0.717, 1.165) is 11.1 Å². The average Bonchev–Trinajstić information content (AvgIpc) is 2.73. The van der Waals surface area contributed by atoms with Crippen LogP contribution < -0.4 is 5.32 Å². The Labute approximate surface area is 169 Å². The van der Waals surface area contributed by atoms with Crippen LogP contribution in [0.25, 0.3) is 6.08 Å². The summed E-state index contributed by atoms with van der Waals surface area (Å²) >= 11 is 0. The predicted molar refractivity (Wildman–Crippen MR) is 110 cm³/mol. The molecule has 3 rings (SSSR count). The van der Waals surface area contributed by atoms with Crippen LogP contribution in [0.4, 0.5) is 5.69 Å². The molecular formula is C22H23N3O4. The lowest BCUT2D eigenvalue weighted by Gasteiger charge is -2.31. The van der Waals surface area contributed by atoms with Crippen LogP contribution in [0.5, 0.6) is 0 Å². The van der Waals surface area contributed by atoms with Gasteiger partial charge in [0.25, 0.3) is 11.6 Å². The number of nitro benzene ring substituents is 1. The van der Waals surface area contributed by atoms with E-state index < -0.39 is 4.92 Å². The number of aryl methyl sites for hydroxylation is 1. The van der Waals surface area contributed by atoms with Crippen LogP contribution in [0.1, 0.15) is 34.3 Å². The summed E-state index contributed by atoms with van der Waals surface area (Å²) in [4.78, 5) is 36.8. The van der Waals surface area contributed by atoms with Crippen molar-refractivity contribution in [2.24, 2.45) is 0 Å². The molecule has 1 N–H and O–H groups in total. The molecule has 7 heteroatoms. The van der Waals surface area contributed by atoms with E-state index in [1.54, 1.807) is 23.1 Å². The van der Waals surface area contributed by atoms with Crippen LogP contribution in [-0.4, -0.2) is 40.8 Å². The molecule has 150 valence electrons. The molecule has 2 amide bonds. The van der Waals surface area contributed by atoms with Crippen molar-refractivity contribution in [1.29, 1.82) is 0 Å². The van der Waals surface area contributed by atoms with Gasteiger partial charge in [0.1, 0.15) is 0 Å². The van der Waals surface area contributed by atoms with Gasteiger partial charge in [-0.05, 0) is 55.2 Å². The van der Waals surface area contributed by atoms with E-state index in [9.17, 15) is 19.7 Å². The minimum absolute atomic E-state index is 0.0169. The molecule has 0 radical (unpaired) electrons. The number of amides is 2. The highest BCUT2D eigenvalue weighted by molar-refractivity contribution is 5.96. The number of likely N-dealkylation sites (tertiary alicyclic amines) is 1. The number of piperidine rings is 1. The van der Waals surface area contributed by atoms with Gasteiger partial charge in [0, 0.05) is 42.9 Å². The van der Waals surface area contributed by atoms with Gasteiger partial charge in [-0.15, -0.1) is 0 Å². The maximum Gasteiger partial charge on any atom is 0.269 e. The zero-order chi connectivity index (χ0) is 20.8. The SMILES string of the molecule is Cc1ccccc1C(=O)NC1CCN(C(=O)/C=C/c2ccc([N+](=O)[O-])cc2)CC1. The third-order valence-corrected chi connectivity index (χ3v) is 5.05. The molecule has 1 aliphatic heterocycles. The molecule has 0 unspecified atom stereocenters. The van der Waals surface area contributed by atoms with Crippen molar-refractivity contribution in [2.45, 2.75) is 25.8 Å².